The molecule has 1 amide bonds. The summed E-state index contributed by atoms with van der Waals surface area (Å²) in [4.78, 5) is 25.9. The normalized spacial score (nSPS) is 11.9. The van der Waals surface area contributed by atoms with Crippen LogP contribution >= 0.6 is 46.3 Å². The fourth-order valence-electron chi connectivity index (χ4n) is 3.80. The summed E-state index contributed by atoms with van der Waals surface area (Å²) >= 11 is 14.9. The predicted octanol–water partition coefficient (Wildman–Crippen LogP) is 8.91. The van der Waals surface area contributed by atoms with Crippen LogP contribution < -0.4 is 5.32 Å². The molecule has 2 heterocycles. The first-order valence-electron chi connectivity index (χ1n) is 11.9. The first kappa shape index (κ1) is 26.5. The zero-order valence-corrected chi connectivity index (χ0v) is 24.0. The number of halogens is 2. The maximum atomic E-state index is 13.0. The van der Waals surface area contributed by atoms with E-state index >= 15 is 0 Å². The van der Waals surface area contributed by atoms with E-state index in [4.69, 9.17) is 28.2 Å². The van der Waals surface area contributed by atoms with Crippen molar-refractivity contribution >= 4 is 57.3 Å². The summed E-state index contributed by atoms with van der Waals surface area (Å²) in [7, 11) is 0. The number of rotatable bonds is 7. The van der Waals surface area contributed by atoms with Crippen LogP contribution in [-0.2, 0) is 4.79 Å². The molecule has 0 aliphatic rings. The molecule has 0 spiro atoms. The van der Waals surface area contributed by atoms with Crippen molar-refractivity contribution in [2.45, 2.75) is 31.2 Å². The van der Waals surface area contributed by atoms with Gasteiger partial charge in [-0.3, -0.25) is 4.79 Å². The molecule has 2 N–H and O–H groups in total. The fraction of sp³-hybridized carbons (Fsp3) is 0.138. The Morgan fingerprint density at radius 2 is 1.53 bits per heavy atom. The van der Waals surface area contributed by atoms with E-state index in [1.54, 1.807) is 12.1 Å². The average molecular weight is 580 g/mol. The Labute approximate surface area is 239 Å². The van der Waals surface area contributed by atoms with Crippen LogP contribution in [0.2, 0.25) is 10.0 Å². The van der Waals surface area contributed by atoms with E-state index in [0.29, 0.717) is 20.3 Å². The molecule has 3 aromatic carbocycles. The molecule has 0 aliphatic carbocycles. The number of hydrogen-bond donors (Lipinski definition) is 2. The number of nitrogens with zero attached hydrogens (tertiary/aromatic N) is 2. The van der Waals surface area contributed by atoms with Crippen molar-refractivity contribution in [1.29, 1.82) is 0 Å². The van der Waals surface area contributed by atoms with Crippen molar-refractivity contribution in [3.05, 3.63) is 93.3 Å². The Balaban J connectivity index is 1.34. The van der Waals surface area contributed by atoms with Gasteiger partial charge in [-0.25, -0.2) is 9.97 Å². The number of aromatic amines is 1. The molecule has 192 valence electrons. The third-order valence-electron chi connectivity index (χ3n) is 5.95. The number of hydrogen-bond acceptors (Lipinski definition) is 5. The van der Waals surface area contributed by atoms with Gasteiger partial charge in [0.2, 0.25) is 5.91 Å². The Morgan fingerprint density at radius 3 is 2.18 bits per heavy atom. The van der Waals surface area contributed by atoms with Gasteiger partial charge in [0.25, 0.3) is 0 Å². The largest absolute Gasteiger partial charge is 0.332 e. The summed E-state index contributed by atoms with van der Waals surface area (Å²) < 4.78 is 0. The minimum atomic E-state index is -0.407. The number of amides is 1. The van der Waals surface area contributed by atoms with Crippen LogP contribution in [0.3, 0.4) is 0 Å². The van der Waals surface area contributed by atoms with Gasteiger partial charge in [-0.05, 0) is 32.9 Å². The van der Waals surface area contributed by atoms with Crippen molar-refractivity contribution in [2.24, 2.45) is 0 Å². The number of imidazole rings is 1. The lowest BCUT2D eigenvalue weighted by Gasteiger charge is -2.08. The van der Waals surface area contributed by atoms with Gasteiger partial charge < -0.3 is 10.3 Å². The monoisotopic (exact) mass is 578 g/mol. The standard InChI is InChI=1S/C29H24Cl2N4OS2/c1-16-4-8-19(9-5-16)25-26(20-10-6-17(2)7-11-20)34-29(33-25)38-18(3)27(36)35-28-32-24(15-37-28)21-12-13-22(30)23(31)14-21/h4-15,18H,1-3H3,(H,33,34)(H,32,35,36). The van der Waals surface area contributed by atoms with Gasteiger partial charge in [0, 0.05) is 22.1 Å². The Morgan fingerprint density at radius 1 is 0.895 bits per heavy atom. The van der Waals surface area contributed by atoms with Crippen molar-refractivity contribution in [1.82, 2.24) is 15.0 Å². The number of benzene rings is 3. The maximum Gasteiger partial charge on any atom is 0.239 e. The molecule has 0 radical (unpaired) electrons. The van der Waals surface area contributed by atoms with Crippen LogP contribution in [0.1, 0.15) is 18.1 Å². The van der Waals surface area contributed by atoms with Crippen molar-refractivity contribution in [2.75, 3.05) is 5.32 Å². The molecule has 5 aromatic rings. The van der Waals surface area contributed by atoms with Gasteiger partial charge in [0.15, 0.2) is 10.3 Å². The fourth-order valence-corrected chi connectivity index (χ4v) is 5.63. The average Bonchev–Trinajstić information content (AvgIpc) is 3.54. The third-order valence-corrected chi connectivity index (χ3v) is 8.44. The predicted molar refractivity (Wildman–Crippen MR) is 160 cm³/mol. The number of thioether (sulfide) groups is 1. The van der Waals surface area contributed by atoms with E-state index < -0.39 is 5.25 Å². The smallest absolute Gasteiger partial charge is 0.239 e. The Hall–Kier alpha value is -3.10. The molecule has 2 aromatic heterocycles. The first-order chi connectivity index (χ1) is 18.3. The van der Waals surface area contributed by atoms with Gasteiger partial charge >= 0.3 is 0 Å². The molecule has 0 fully saturated rings. The highest BCUT2D eigenvalue weighted by molar-refractivity contribution is 8.00. The van der Waals surface area contributed by atoms with Gasteiger partial charge in [-0.1, -0.05) is 101 Å². The van der Waals surface area contributed by atoms with Crippen molar-refractivity contribution < 1.29 is 4.79 Å². The summed E-state index contributed by atoms with van der Waals surface area (Å²) in [5, 5.41) is 6.53. The SMILES string of the molecule is Cc1ccc(-c2nc(SC(C)C(=O)Nc3nc(-c4ccc(Cl)c(Cl)c4)cs3)[nH]c2-c2ccc(C)cc2)cc1. The van der Waals surface area contributed by atoms with Crippen molar-refractivity contribution in [3.63, 3.8) is 0 Å². The third kappa shape index (κ3) is 5.97. The molecule has 0 aliphatic heterocycles. The van der Waals surface area contributed by atoms with Gasteiger partial charge in [0.05, 0.1) is 32.4 Å². The second kappa shape index (κ2) is 11.3. The number of carbonyl (C=O) groups is 1. The topological polar surface area (TPSA) is 70.7 Å². The lowest BCUT2D eigenvalue weighted by molar-refractivity contribution is -0.115. The van der Waals surface area contributed by atoms with Crippen LogP contribution in [-0.4, -0.2) is 26.1 Å². The minimum absolute atomic E-state index is 0.157. The quantitative estimate of drug-likeness (QED) is 0.189. The molecule has 1 atom stereocenters. The number of thiazole rings is 1. The summed E-state index contributed by atoms with van der Waals surface area (Å²) in [6.45, 7) is 5.98. The molecule has 1 unspecified atom stereocenters. The van der Waals surface area contributed by atoms with Crippen LogP contribution in [0.15, 0.2) is 77.3 Å². The summed E-state index contributed by atoms with van der Waals surface area (Å²) in [6, 6.07) is 22.0. The highest BCUT2D eigenvalue weighted by Crippen LogP contribution is 2.35. The number of nitrogens with one attached hydrogen (secondary N) is 2. The molecule has 0 bridgehead atoms. The van der Waals surface area contributed by atoms with Gasteiger partial charge in [-0.2, -0.15) is 0 Å². The summed E-state index contributed by atoms with van der Waals surface area (Å²) in [5.41, 5.74) is 7.77. The minimum Gasteiger partial charge on any atom is -0.332 e. The Bertz CT molecular complexity index is 1530. The molecular weight excluding hydrogens is 555 g/mol. The molecule has 5 rings (SSSR count). The van der Waals surface area contributed by atoms with E-state index in [9.17, 15) is 4.79 Å². The lowest BCUT2D eigenvalue weighted by Crippen LogP contribution is -2.22. The first-order valence-corrected chi connectivity index (χ1v) is 14.4. The number of carbonyl (C=O) groups excluding carboxylic acids is 1. The highest BCUT2D eigenvalue weighted by atomic mass is 35.5. The molecule has 38 heavy (non-hydrogen) atoms. The van der Waals surface area contributed by atoms with E-state index in [1.165, 1.54) is 34.2 Å². The van der Waals surface area contributed by atoms with E-state index in [0.717, 1.165) is 33.8 Å². The number of aryl methyl sites for hydroxylation is 2. The van der Waals surface area contributed by atoms with Crippen LogP contribution in [0.5, 0.6) is 0 Å². The number of aromatic nitrogens is 3. The van der Waals surface area contributed by atoms with Crippen LogP contribution in [0.25, 0.3) is 33.8 Å². The molecule has 0 saturated heterocycles. The number of H-pyrrole nitrogens is 1. The molecule has 9 heteroatoms. The molecular formula is C29H24Cl2N4OS2. The number of anilines is 1. The van der Waals surface area contributed by atoms with Crippen LogP contribution in [0, 0.1) is 13.8 Å². The zero-order chi connectivity index (χ0) is 26.8. The lowest BCUT2D eigenvalue weighted by atomic mass is 10.0. The van der Waals surface area contributed by atoms with Gasteiger partial charge in [-0.15, -0.1) is 11.3 Å². The second-order valence-corrected chi connectivity index (χ2v) is 11.9. The van der Waals surface area contributed by atoms with Gasteiger partial charge in [0.1, 0.15) is 0 Å². The Kier molecular flexibility index (Phi) is 7.91. The second-order valence-electron chi connectivity index (χ2n) is 8.91. The van der Waals surface area contributed by atoms with Crippen molar-refractivity contribution in [3.8, 4) is 33.8 Å². The summed E-state index contributed by atoms with van der Waals surface area (Å²) in [6.07, 6.45) is 0. The molecule has 5 nitrogen and oxygen atoms in total. The summed E-state index contributed by atoms with van der Waals surface area (Å²) in [5.74, 6) is -0.157. The maximum absolute atomic E-state index is 13.0. The zero-order valence-electron chi connectivity index (χ0n) is 20.9. The van der Waals surface area contributed by atoms with Crippen LogP contribution in [0.4, 0.5) is 5.13 Å². The van der Waals surface area contributed by atoms with E-state index in [2.05, 4.69) is 77.7 Å². The molecule has 0 saturated carbocycles. The van der Waals surface area contributed by atoms with E-state index in [1.807, 2.05) is 18.4 Å². The highest BCUT2D eigenvalue weighted by Gasteiger charge is 2.21. The van der Waals surface area contributed by atoms with E-state index in [-0.39, 0.29) is 5.91 Å².